The van der Waals surface area contributed by atoms with Gasteiger partial charge in [0.1, 0.15) is 5.75 Å². The fraction of sp³-hybridized carbons (Fsp3) is 0.355. The first-order chi connectivity index (χ1) is 16.4. The first-order valence-electron chi connectivity index (χ1n) is 12.4. The summed E-state index contributed by atoms with van der Waals surface area (Å²) in [6, 6.07) is 28.3. The highest BCUT2D eigenvalue weighted by Gasteiger charge is 2.34. The van der Waals surface area contributed by atoms with Gasteiger partial charge in [0.25, 0.3) is 0 Å². The Hall–Kier alpha value is -3.04. The number of hydrogen-bond acceptors (Lipinski definition) is 3. The molecule has 0 radical (unpaired) electrons. The van der Waals surface area contributed by atoms with E-state index in [9.17, 15) is 0 Å². The first-order valence-corrected chi connectivity index (χ1v) is 12.4. The number of benzene rings is 3. The van der Waals surface area contributed by atoms with Crippen molar-refractivity contribution in [3.8, 4) is 5.75 Å². The number of rotatable bonds is 8. The molecule has 3 heteroatoms. The summed E-state index contributed by atoms with van der Waals surface area (Å²) in [5.41, 5.74) is 6.09. The van der Waals surface area contributed by atoms with Crippen molar-refractivity contribution in [2.24, 2.45) is 11.8 Å². The van der Waals surface area contributed by atoms with Crippen LogP contribution in [0.3, 0.4) is 0 Å². The zero-order valence-electron chi connectivity index (χ0n) is 21.2. The van der Waals surface area contributed by atoms with Crippen molar-refractivity contribution < 1.29 is 4.74 Å². The van der Waals surface area contributed by atoms with Gasteiger partial charge in [0.2, 0.25) is 0 Å². The Kier molecular flexibility index (Phi) is 7.74. The number of para-hydroxylation sites is 1. The highest BCUT2D eigenvalue weighted by Crippen LogP contribution is 2.37. The summed E-state index contributed by atoms with van der Waals surface area (Å²) in [7, 11) is 4.39. The van der Waals surface area contributed by atoms with Gasteiger partial charge in [0.05, 0.1) is 6.61 Å². The summed E-state index contributed by atoms with van der Waals surface area (Å²) in [4.78, 5) is 4.66. The molecule has 0 amide bonds. The quantitative estimate of drug-likeness (QED) is 0.323. The molecule has 0 N–H and O–H groups in total. The molecule has 3 aromatic rings. The maximum Gasteiger partial charge on any atom is 0.119 e. The van der Waals surface area contributed by atoms with Gasteiger partial charge >= 0.3 is 0 Å². The average Bonchev–Trinajstić information content (AvgIpc) is 3.22. The fourth-order valence-electron chi connectivity index (χ4n) is 5.25. The number of anilines is 3. The van der Waals surface area contributed by atoms with Crippen LogP contribution in [0.25, 0.3) is 0 Å². The van der Waals surface area contributed by atoms with E-state index in [-0.39, 0.29) is 0 Å². The summed E-state index contributed by atoms with van der Waals surface area (Å²) in [6.07, 6.45) is 4.85. The second-order valence-corrected chi connectivity index (χ2v) is 10.1. The van der Waals surface area contributed by atoms with E-state index in [1.807, 2.05) is 0 Å². The van der Waals surface area contributed by atoms with Gasteiger partial charge < -0.3 is 14.5 Å². The molecule has 1 saturated carbocycles. The standard InChI is InChI=1S/C31H38N2O/c1-23(2)18-25-20-26(31(21-25)32(4)5)22-34-30-16-14-28(15-17-30)33(27-11-7-6-8-12-27)29-13-9-10-24(3)19-29/h6-19,25-26,31H,20-22H2,1-5H3. The van der Waals surface area contributed by atoms with Crippen LogP contribution in [-0.2, 0) is 0 Å². The largest absolute Gasteiger partial charge is 0.493 e. The van der Waals surface area contributed by atoms with Crippen molar-refractivity contribution >= 4 is 17.1 Å². The van der Waals surface area contributed by atoms with Crippen LogP contribution >= 0.6 is 0 Å². The second-order valence-electron chi connectivity index (χ2n) is 10.1. The van der Waals surface area contributed by atoms with Gasteiger partial charge in [0.15, 0.2) is 0 Å². The molecule has 3 nitrogen and oxygen atoms in total. The Labute approximate surface area is 205 Å². The zero-order valence-corrected chi connectivity index (χ0v) is 21.2. The van der Waals surface area contributed by atoms with Crippen molar-refractivity contribution in [2.45, 2.75) is 39.7 Å². The SMILES string of the molecule is CC(C)=CC1CC(COc2ccc(N(c3ccccc3)c3cccc(C)c3)cc2)C(N(C)C)C1. The van der Waals surface area contributed by atoms with E-state index in [1.54, 1.807) is 0 Å². The summed E-state index contributed by atoms with van der Waals surface area (Å²) in [5.74, 6) is 2.13. The summed E-state index contributed by atoms with van der Waals surface area (Å²) >= 11 is 0. The van der Waals surface area contributed by atoms with Crippen LogP contribution < -0.4 is 9.64 Å². The third kappa shape index (κ3) is 5.90. The van der Waals surface area contributed by atoms with Crippen LogP contribution in [0.2, 0.25) is 0 Å². The molecule has 34 heavy (non-hydrogen) atoms. The number of hydrogen-bond donors (Lipinski definition) is 0. The summed E-state index contributed by atoms with van der Waals surface area (Å²) in [5, 5.41) is 0. The molecule has 1 fully saturated rings. The third-order valence-electron chi connectivity index (χ3n) is 6.76. The van der Waals surface area contributed by atoms with E-state index < -0.39 is 0 Å². The van der Waals surface area contributed by atoms with E-state index in [0.29, 0.717) is 17.9 Å². The van der Waals surface area contributed by atoms with Crippen molar-refractivity contribution in [1.82, 2.24) is 4.90 Å². The normalized spacial score (nSPS) is 19.8. The molecule has 0 bridgehead atoms. The van der Waals surface area contributed by atoms with Crippen LogP contribution in [0.15, 0.2) is 90.5 Å². The van der Waals surface area contributed by atoms with Crippen LogP contribution in [0.1, 0.15) is 32.3 Å². The highest BCUT2D eigenvalue weighted by molar-refractivity contribution is 5.76. The average molecular weight is 455 g/mol. The van der Waals surface area contributed by atoms with Crippen LogP contribution in [0.5, 0.6) is 5.75 Å². The number of ether oxygens (including phenoxy) is 1. The van der Waals surface area contributed by atoms with Gasteiger partial charge in [0, 0.05) is 29.0 Å². The zero-order chi connectivity index (χ0) is 24.1. The topological polar surface area (TPSA) is 15.7 Å². The van der Waals surface area contributed by atoms with E-state index >= 15 is 0 Å². The molecule has 3 aromatic carbocycles. The number of aryl methyl sites for hydroxylation is 1. The predicted molar refractivity (Wildman–Crippen MR) is 144 cm³/mol. The maximum atomic E-state index is 6.32. The second kappa shape index (κ2) is 10.9. The van der Waals surface area contributed by atoms with Crippen molar-refractivity contribution in [3.05, 3.63) is 96.1 Å². The lowest BCUT2D eigenvalue weighted by atomic mass is 10.0. The van der Waals surface area contributed by atoms with Gasteiger partial charge in [-0.2, -0.15) is 0 Å². The number of nitrogens with zero attached hydrogens (tertiary/aromatic N) is 2. The van der Waals surface area contributed by atoms with Crippen LogP contribution in [0.4, 0.5) is 17.1 Å². The molecule has 3 atom stereocenters. The minimum atomic E-state index is 0.545. The smallest absolute Gasteiger partial charge is 0.119 e. The Morgan fingerprint density at radius 3 is 2.18 bits per heavy atom. The van der Waals surface area contributed by atoms with Crippen LogP contribution in [0, 0.1) is 18.8 Å². The number of allylic oxidation sites excluding steroid dienone is 2. The molecule has 1 aliphatic rings. The molecule has 0 saturated heterocycles. The van der Waals surface area contributed by atoms with E-state index in [2.05, 4.69) is 130 Å². The van der Waals surface area contributed by atoms with E-state index in [4.69, 9.17) is 4.74 Å². The molecule has 0 aromatic heterocycles. The van der Waals surface area contributed by atoms with Crippen LogP contribution in [-0.4, -0.2) is 31.6 Å². The maximum absolute atomic E-state index is 6.32. The van der Waals surface area contributed by atoms with Gasteiger partial charge in [-0.15, -0.1) is 0 Å². The fourth-order valence-corrected chi connectivity index (χ4v) is 5.25. The molecule has 4 rings (SSSR count). The molecule has 0 spiro atoms. The molecule has 0 aliphatic heterocycles. The van der Waals surface area contributed by atoms with Gasteiger partial charge in [-0.05, 0) is 108 Å². The molecule has 1 aliphatic carbocycles. The Bertz CT molecular complexity index is 1080. The molecule has 178 valence electrons. The first kappa shape index (κ1) is 24.1. The summed E-state index contributed by atoms with van der Waals surface area (Å²) in [6.45, 7) is 7.29. The highest BCUT2D eigenvalue weighted by atomic mass is 16.5. The minimum absolute atomic E-state index is 0.545. The Morgan fingerprint density at radius 1 is 0.853 bits per heavy atom. The Balaban J connectivity index is 1.50. The lowest BCUT2D eigenvalue weighted by Gasteiger charge is -2.27. The van der Waals surface area contributed by atoms with Gasteiger partial charge in [-0.1, -0.05) is 42.0 Å². The van der Waals surface area contributed by atoms with Gasteiger partial charge in [-0.25, -0.2) is 0 Å². The Morgan fingerprint density at radius 2 is 1.53 bits per heavy atom. The predicted octanol–water partition coefficient (Wildman–Crippen LogP) is 7.77. The third-order valence-corrected chi connectivity index (χ3v) is 6.76. The lowest BCUT2D eigenvalue weighted by Crippen LogP contribution is -2.34. The molecular formula is C31H38N2O. The lowest BCUT2D eigenvalue weighted by molar-refractivity contribution is 0.169. The van der Waals surface area contributed by atoms with Crippen molar-refractivity contribution in [1.29, 1.82) is 0 Å². The van der Waals surface area contributed by atoms with E-state index in [1.165, 1.54) is 24.0 Å². The van der Waals surface area contributed by atoms with Crippen molar-refractivity contribution in [3.63, 3.8) is 0 Å². The molecular weight excluding hydrogens is 416 g/mol. The minimum Gasteiger partial charge on any atom is -0.493 e. The molecule has 0 heterocycles. The van der Waals surface area contributed by atoms with Gasteiger partial charge in [-0.3, -0.25) is 0 Å². The van der Waals surface area contributed by atoms with E-state index in [0.717, 1.165) is 29.4 Å². The van der Waals surface area contributed by atoms with Crippen molar-refractivity contribution in [2.75, 3.05) is 25.6 Å². The summed E-state index contributed by atoms with van der Waals surface area (Å²) < 4.78 is 6.32. The monoisotopic (exact) mass is 454 g/mol. The molecule has 3 unspecified atom stereocenters.